The van der Waals surface area contributed by atoms with E-state index in [1.807, 2.05) is 0 Å². The minimum atomic E-state index is -3.16. The quantitative estimate of drug-likeness (QED) is 0.859. The lowest BCUT2D eigenvalue weighted by atomic mass is 9.93. The van der Waals surface area contributed by atoms with E-state index in [1.165, 1.54) is 6.26 Å². The number of amides is 1. The lowest BCUT2D eigenvalue weighted by Gasteiger charge is -2.36. The van der Waals surface area contributed by atoms with E-state index in [-0.39, 0.29) is 11.9 Å². The van der Waals surface area contributed by atoms with Gasteiger partial charge in [-0.2, -0.15) is 0 Å². The molecular weight excluding hydrogens is 290 g/mol. The van der Waals surface area contributed by atoms with Crippen LogP contribution in [0.25, 0.3) is 0 Å². The number of carbonyl (C=O) groups excluding carboxylic acids is 1. The molecular formula is C15H23NO4S. The van der Waals surface area contributed by atoms with Crippen molar-refractivity contribution in [3.8, 4) is 0 Å². The molecule has 0 saturated heterocycles. The topological polar surface area (TPSA) is 67.6 Å². The van der Waals surface area contributed by atoms with Gasteiger partial charge in [0.05, 0.1) is 10.8 Å². The van der Waals surface area contributed by atoms with E-state index in [1.54, 1.807) is 31.9 Å². The first-order valence-corrected chi connectivity index (χ1v) is 9.20. The van der Waals surface area contributed by atoms with Gasteiger partial charge in [-0.15, -0.1) is 0 Å². The maximum atomic E-state index is 12.6. The lowest BCUT2D eigenvalue weighted by Crippen LogP contribution is -2.49. The van der Waals surface area contributed by atoms with E-state index in [0.29, 0.717) is 23.5 Å². The van der Waals surface area contributed by atoms with Gasteiger partial charge in [0.15, 0.2) is 9.84 Å². The van der Waals surface area contributed by atoms with Crippen molar-refractivity contribution < 1.29 is 17.6 Å². The van der Waals surface area contributed by atoms with Crippen molar-refractivity contribution >= 4 is 15.7 Å². The summed E-state index contributed by atoms with van der Waals surface area (Å²) in [5.74, 6) is 1.11. The molecule has 1 fully saturated rings. The summed E-state index contributed by atoms with van der Waals surface area (Å²) < 4.78 is 29.4. The Balaban J connectivity index is 2.27. The standard InChI is InChI=1S/C15H23NO4S/c1-10-9-12(11(2)20-10)15(17)16(3)13-7-5-6-8-14(13)21(4,18)19/h9,13-14H,5-8H2,1-4H3/t13-,14+/m0/s1. The molecule has 2 rings (SSSR count). The first-order valence-electron chi connectivity index (χ1n) is 7.25. The van der Waals surface area contributed by atoms with Crippen LogP contribution in [0.1, 0.15) is 47.6 Å². The average Bonchev–Trinajstić information content (AvgIpc) is 2.75. The molecule has 0 unspecified atom stereocenters. The number of furan rings is 1. The molecule has 1 heterocycles. The summed E-state index contributed by atoms with van der Waals surface area (Å²) in [5, 5.41) is -0.464. The van der Waals surface area contributed by atoms with E-state index in [2.05, 4.69) is 0 Å². The monoisotopic (exact) mass is 313 g/mol. The summed E-state index contributed by atoms with van der Waals surface area (Å²) in [4.78, 5) is 14.2. The predicted octanol–water partition coefficient (Wildman–Crippen LogP) is 2.32. The van der Waals surface area contributed by atoms with Crippen molar-refractivity contribution in [3.05, 3.63) is 23.2 Å². The van der Waals surface area contributed by atoms with Gasteiger partial charge in [0, 0.05) is 19.3 Å². The fourth-order valence-corrected chi connectivity index (χ4v) is 4.69. The summed E-state index contributed by atoms with van der Waals surface area (Å²) in [6.45, 7) is 3.55. The highest BCUT2D eigenvalue weighted by molar-refractivity contribution is 7.91. The molecule has 0 N–H and O–H groups in total. The molecule has 0 aromatic carbocycles. The highest BCUT2D eigenvalue weighted by Gasteiger charge is 2.37. The Bertz CT molecular complexity index is 632. The third-order valence-corrected chi connectivity index (χ3v) is 5.96. The van der Waals surface area contributed by atoms with Gasteiger partial charge in [0.25, 0.3) is 5.91 Å². The van der Waals surface area contributed by atoms with E-state index in [9.17, 15) is 13.2 Å². The molecule has 1 aromatic rings. The first kappa shape index (κ1) is 16.1. The van der Waals surface area contributed by atoms with E-state index >= 15 is 0 Å². The Morgan fingerprint density at radius 2 is 1.90 bits per heavy atom. The molecule has 0 spiro atoms. The van der Waals surface area contributed by atoms with Crippen molar-refractivity contribution in [2.24, 2.45) is 0 Å². The third kappa shape index (κ3) is 3.31. The number of sulfone groups is 1. The second-order valence-corrected chi connectivity index (χ2v) is 8.23. The second-order valence-electron chi connectivity index (χ2n) is 5.96. The van der Waals surface area contributed by atoms with Gasteiger partial charge in [-0.1, -0.05) is 12.8 Å². The van der Waals surface area contributed by atoms with Crippen LogP contribution in [0.5, 0.6) is 0 Å². The van der Waals surface area contributed by atoms with Crippen LogP contribution in [0, 0.1) is 13.8 Å². The molecule has 118 valence electrons. The number of carbonyl (C=O) groups is 1. The van der Waals surface area contributed by atoms with Crippen LogP contribution in [0.15, 0.2) is 10.5 Å². The van der Waals surface area contributed by atoms with Crippen molar-refractivity contribution in [2.75, 3.05) is 13.3 Å². The predicted molar refractivity (Wildman–Crippen MR) is 81.2 cm³/mol. The Morgan fingerprint density at radius 1 is 1.29 bits per heavy atom. The molecule has 2 atom stereocenters. The summed E-state index contributed by atoms with van der Waals surface area (Å²) in [6.07, 6.45) is 4.49. The SMILES string of the molecule is Cc1cc(C(=O)N(C)[C@H]2CCCC[C@H]2S(C)(=O)=O)c(C)o1. The van der Waals surface area contributed by atoms with E-state index in [4.69, 9.17) is 4.42 Å². The van der Waals surface area contributed by atoms with Crippen LogP contribution < -0.4 is 0 Å². The molecule has 6 heteroatoms. The number of aryl methyl sites for hydroxylation is 2. The lowest BCUT2D eigenvalue weighted by molar-refractivity contribution is 0.0698. The van der Waals surface area contributed by atoms with Crippen molar-refractivity contribution in [2.45, 2.75) is 50.8 Å². The minimum Gasteiger partial charge on any atom is -0.466 e. The molecule has 1 aromatic heterocycles. The maximum absolute atomic E-state index is 12.6. The smallest absolute Gasteiger partial charge is 0.257 e. The number of hydrogen-bond donors (Lipinski definition) is 0. The molecule has 0 radical (unpaired) electrons. The van der Waals surface area contributed by atoms with Gasteiger partial charge < -0.3 is 9.32 Å². The zero-order valence-corrected chi connectivity index (χ0v) is 13.9. The van der Waals surface area contributed by atoms with Crippen LogP contribution in [-0.2, 0) is 9.84 Å². The van der Waals surface area contributed by atoms with E-state index in [0.717, 1.165) is 19.3 Å². The van der Waals surface area contributed by atoms with Crippen LogP contribution >= 0.6 is 0 Å². The molecule has 21 heavy (non-hydrogen) atoms. The molecule has 0 bridgehead atoms. The Morgan fingerprint density at radius 3 is 2.43 bits per heavy atom. The average molecular weight is 313 g/mol. The molecule has 1 aliphatic rings. The maximum Gasteiger partial charge on any atom is 0.257 e. The largest absolute Gasteiger partial charge is 0.466 e. The fraction of sp³-hybridized carbons (Fsp3) is 0.667. The highest BCUT2D eigenvalue weighted by atomic mass is 32.2. The minimum absolute atomic E-state index is 0.162. The molecule has 0 aliphatic heterocycles. The molecule has 1 amide bonds. The molecule has 5 nitrogen and oxygen atoms in total. The summed E-state index contributed by atoms with van der Waals surface area (Å²) in [6, 6.07) is 1.46. The van der Waals surface area contributed by atoms with Gasteiger partial charge in [0.1, 0.15) is 11.5 Å². The number of rotatable bonds is 3. The van der Waals surface area contributed by atoms with Crippen LogP contribution in [0.2, 0.25) is 0 Å². The van der Waals surface area contributed by atoms with Crippen LogP contribution in [0.4, 0.5) is 0 Å². The summed E-state index contributed by atoms with van der Waals surface area (Å²) in [5.41, 5.74) is 0.521. The number of hydrogen-bond acceptors (Lipinski definition) is 4. The zero-order valence-electron chi connectivity index (χ0n) is 13.0. The van der Waals surface area contributed by atoms with Crippen LogP contribution in [0.3, 0.4) is 0 Å². The van der Waals surface area contributed by atoms with E-state index < -0.39 is 15.1 Å². The van der Waals surface area contributed by atoms with Gasteiger partial charge in [-0.3, -0.25) is 4.79 Å². The van der Waals surface area contributed by atoms with Gasteiger partial charge >= 0.3 is 0 Å². The first-order chi connectivity index (χ1) is 9.71. The molecule has 1 saturated carbocycles. The second kappa shape index (κ2) is 5.83. The Hall–Kier alpha value is -1.30. The molecule has 1 aliphatic carbocycles. The van der Waals surface area contributed by atoms with Crippen molar-refractivity contribution in [1.82, 2.24) is 4.90 Å². The van der Waals surface area contributed by atoms with Crippen LogP contribution in [-0.4, -0.2) is 43.8 Å². The van der Waals surface area contributed by atoms with Gasteiger partial charge in [-0.25, -0.2) is 8.42 Å². The number of nitrogens with zero attached hydrogens (tertiary/aromatic N) is 1. The Labute approximate surface area is 126 Å². The third-order valence-electron chi connectivity index (χ3n) is 4.31. The van der Waals surface area contributed by atoms with Crippen molar-refractivity contribution in [1.29, 1.82) is 0 Å². The summed E-state index contributed by atoms with van der Waals surface area (Å²) in [7, 11) is -1.47. The Kier molecular flexibility index (Phi) is 4.46. The highest BCUT2D eigenvalue weighted by Crippen LogP contribution is 2.29. The van der Waals surface area contributed by atoms with Gasteiger partial charge in [0.2, 0.25) is 0 Å². The van der Waals surface area contributed by atoms with Crippen molar-refractivity contribution in [3.63, 3.8) is 0 Å². The van der Waals surface area contributed by atoms with Gasteiger partial charge in [-0.05, 0) is 32.8 Å². The normalized spacial score (nSPS) is 23.0. The summed E-state index contributed by atoms with van der Waals surface area (Å²) >= 11 is 0. The zero-order chi connectivity index (χ0) is 15.8. The fourth-order valence-electron chi connectivity index (χ4n) is 3.20.